The Hall–Kier alpha value is -2.41. The predicted octanol–water partition coefficient (Wildman–Crippen LogP) is 0.676. The molecule has 7 heteroatoms. The van der Waals surface area contributed by atoms with Crippen LogP contribution < -0.4 is 10.1 Å². The number of hydrogen-bond donors (Lipinski definition) is 2. The van der Waals surface area contributed by atoms with Crippen LogP contribution in [0.1, 0.15) is 6.92 Å². The fourth-order valence-corrected chi connectivity index (χ4v) is 1.63. The standard InChI is InChI=1S/C13H16N4O3/c1-10(18)15-11-2-4-13(5-3-11)20-9-12(19)8-17-7-6-14-16-17/h2-7,12,19H,8-9H2,1H3,(H,15,18)/t12-/m0/s1. The van der Waals surface area contributed by atoms with Crippen LogP contribution in [0.2, 0.25) is 0 Å². The van der Waals surface area contributed by atoms with Crippen molar-refractivity contribution in [1.29, 1.82) is 0 Å². The summed E-state index contributed by atoms with van der Waals surface area (Å²) in [6, 6.07) is 6.93. The number of anilines is 1. The molecule has 20 heavy (non-hydrogen) atoms. The van der Waals surface area contributed by atoms with Gasteiger partial charge in [0, 0.05) is 18.8 Å². The van der Waals surface area contributed by atoms with Gasteiger partial charge >= 0.3 is 0 Å². The van der Waals surface area contributed by atoms with Crippen LogP contribution in [0.25, 0.3) is 0 Å². The molecule has 0 fully saturated rings. The maximum Gasteiger partial charge on any atom is 0.221 e. The minimum atomic E-state index is -0.674. The lowest BCUT2D eigenvalue weighted by Crippen LogP contribution is -2.23. The van der Waals surface area contributed by atoms with Gasteiger partial charge in [0.25, 0.3) is 0 Å². The van der Waals surface area contributed by atoms with Gasteiger partial charge in [-0.3, -0.25) is 4.79 Å². The van der Waals surface area contributed by atoms with E-state index in [2.05, 4.69) is 15.6 Å². The first-order valence-electron chi connectivity index (χ1n) is 6.16. The Morgan fingerprint density at radius 1 is 1.45 bits per heavy atom. The smallest absolute Gasteiger partial charge is 0.221 e. The summed E-state index contributed by atoms with van der Waals surface area (Å²) in [5.74, 6) is 0.499. The average Bonchev–Trinajstić information content (AvgIpc) is 2.90. The van der Waals surface area contributed by atoms with E-state index in [0.717, 1.165) is 0 Å². The topological polar surface area (TPSA) is 89.3 Å². The molecule has 0 spiro atoms. The highest BCUT2D eigenvalue weighted by atomic mass is 16.5. The van der Waals surface area contributed by atoms with Crippen LogP contribution >= 0.6 is 0 Å². The molecule has 0 saturated heterocycles. The summed E-state index contributed by atoms with van der Waals surface area (Å²) in [5.41, 5.74) is 0.702. The summed E-state index contributed by atoms with van der Waals surface area (Å²) in [4.78, 5) is 10.9. The monoisotopic (exact) mass is 276 g/mol. The molecule has 0 radical (unpaired) electrons. The van der Waals surface area contributed by atoms with Crippen molar-refractivity contribution in [2.45, 2.75) is 19.6 Å². The van der Waals surface area contributed by atoms with Crippen molar-refractivity contribution < 1.29 is 14.6 Å². The fourth-order valence-electron chi connectivity index (χ4n) is 1.63. The van der Waals surface area contributed by atoms with Gasteiger partial charge in [0.05, 0.1) is 12.7 Å². The second-order valence-electron chi connectivity index (χ2n) is 4.30. The van der Waals surface area contributed by atoms with E-state index in [1.165, 1.54) is 11.6 Å². The SMILES string of the molecule is CC(=O)Nc1ccc(OC[C@@H](O)Cn2ccnn2)cc1. The lowest BCUT2D eigenvalue weighted by molar-refractivity contribution is -0.114. The van der Waals surface area contributed by atoms with Crippen LogP contribution in [0.15, 0.2) is 36.7 Å². The van der Waals surface area contributed by atoms with E-state index in [1.807, 2.05) is 0 Å². The molecule has 0 bridgehead atoms. The Balaban J connectivity index is 1.80. The van der Waals surface area contributed by atoms with Crippen molar-refractivity contribution in [2.24, 2.45) is 0 Å². The molecular weight excluding hydrogens is 260 g/mol. The molecule has 0 aliphatic carbocycles. The van der Waals surface area contributed by atoms with Crippen LogP contribution in [-0.2, 0) is 11.3 Å². The van der Waals surface area contributed by atoms with E-state index in [1.54, 1.807) is 36.7 Å². The Morgan fingerprint density at radius 2 is 2.20 bits per heavy atom. The van der Waals surface area contributed by atoms with Crippen molar-refractivity contribution in [1.82, 2.24) is 15.0 Å². The van der Waals surface area contributed by atoms with E-state index in [4.69, 9.17) is 4.74 Å². The van der Waals surface area contributed by atoms with Gasteiger partial charge in [0.15, 0.2) is 0 Å². The molecule has 1 amide bonds. The molecule has 2 N–H and O–H groups in total. The number of carbonyl (C=O) groups is 1. The zero-order valence-electron chi connectivity index (χ0n) is 11.1. The highest BCUT2D eigenvalue weighted by Crippen LogP contribution is 2.15. The normalized spacial score (nSPS) is 11.9. The Kier molecular flexibility index (Phi) is 4.67. The molecule has 1 heterocycles. The van der Waals surface area contributed by atoms with Gasteiger partial charge in [-0.15, -0.1) is 5.10 Å². The van der Waals surface area contributed by atoms with Crippen LogP contribution in [0.5, 0.6) is 5.75 Å². The average molecular weight is 276 g/mol. The molecule has 7 nitrogen and oxygen atoms in total. The molecular formula is C13H16N4O3. The lowest BCUT2D eigenvalue weighted by Gasteiger charge is -2.12. The van der Waals surface area contributed by atoms with Crippen molar-refractivity contribution in [3.63, 3.8) is 0 Å². The molecule has 2 rings (SSSR count). The second-order valence-corrected chi connectivity index (χ2v) is 4.30. The van der Waals surface area contributed by atoms with E-state index in [0.29, 0.717) is 18.0 Å². The number of ether oxygens (including phenoxy) is 1. The molecule has 1 atom stereocenters. The molecule has 106 valence electrons. The minimum absolute atomic E-state index is 0.123. The van der Waals surface area contributed by atoms with E-state index in [-0.39, 0.29) is 12.5 Å². The Bertz CT molecular complexity index is 539. The van der Waals surface area contributed by atoms with Crippen molar-refractivity contribution in [3.8, 4) is 5.75 Å². The summed E-state index contributed by atoms with van der Waals surface area (Å²) in [5, 5.41) is 19.9. The van der Waals surface area contributed by atoms with Crippen molar-refractivity contribution in [2.75, 3.05) is 11.9 Å². The largest absolute Gasteiger partial charge is 0.491 e. The number of amides is 1. The van der Waals surface area contributed by atoms with Crippen LogP contribution in [-0.4, -0.2) is 38.7 Å². The molecule has 0 unspecified atom stereocenters. The number of nitrogens with one attached hydrogen (secondary N) is 1. The molecule has 0 saturated carbocycles. The third-order valence-electron chi connectivity index (χ3n) is 2.49. The molecule has 1 aromatic carbocycles. The zero-order valence-corrected chi connectivity index (χ0v) is 11.1. The molecule has 2 aromatic rings. The fraction of sp³-hybridized carbons (Fsp3) is 0.308. The third kappa shape index (κ3) is 4.36. The number of hydrogen-bond acceptors (Lipinski definition) is 5. The number of aromatic nitrogens is 3. The zero-order chi connectivity index (χ0) is 14.4. The predicted molar refractivity (Wildman–Crippen MR) is 72.3 cm³/mol. The van der Waals surface area contributed by atoms with Gasteiger partial charge in [-0.2, -0.15) is 0 Å². The number of aliphatic hydroxyl groups is 1. The number of rotatable bonds is 6. The molecule has 0 aliphatic rings. The first-order valence-corrected chi connectivity index (χ1v) is 6.16. The molecule has 0 aliphatic heterocycles. The van der Waals surface area contributed by atoms with Gasteiger partial charge in [-0.05, 0) is 24.3 Å². The highest BCUT2D eigenvalue weighted by Gasteiger charge is 2.07. The summed E-state index contributed by atoms with van der Waals surface area (Å²) >= 11 is 0. The van der Waals surface area contributed by atoms with Crippen molar-refractivity contribution >= 4 is 11.6 Å². The van der Waals surface area contributed by atoms with Gasteiger partial charge in [0.1, 0.15) is 18.5 Å². The lowest BCUT2D eigenvalue weighted by atomic mass is 10.3. The van der Waals surface area contributed by atoms with Gasteiger partial charge in [0.2, 0.25) is 5.91 Å². The van der Waals surface area contributed by atoms with Gasteiger partial charge in [-0.1, -0.05) is 5.21 Å². The van der Waals surface area contributed by atoms with E-state index in [9.17, 15) is 9.90 Å². The van der Waals surface area contributed by atoms with E-state index < -0.39 is 6.10 Å². The number of carbonyl (C=O) groups excluding carboxylic acids is 1. The van der Waals surface area contributed by atoms with Crippen LogP contribution in [0.4, 0.5) is 5.69 Å². The Labute approximate surface area is 116 Å². The highest BCUT2D eigenvalue weighted by molar-refractivity contribution is 5.88. The maximum atomic E-state index is 10.9. The van der Waals surface area contributed by atoms with Gasteiger partial charge < -0.3 is 15.2 Å². The molecule has 1 aromatic heterocycles. The van der Waals surface area contributed by atoms with E-state index >= 15 is 0 Å². The van der Waals surface area contributed by atoms with Crippen molar-refractivity contribution in [3.05, 3.63) is 36.7 Å². The quantitative estimate of drug-likeness (QED) is 0.809. The second kappa shape index (κ2) is 6.67. The van der Waals surface area contributed by atoms with Gasteiger partial charge in [-0.25, -0.2) is 4.68 Å². The summed E-state index contributed by atoms with van der Waals surface area (Å²) < 4.78 is 6.99. The maximum absolute atomic E-state index is 10.9. The summed E-state index contributed by atoms with van der Waals surface area (Å²) in [6.07, 6.45) is 2.55. The van der Waals surface area contributed by atoms with Crippen LogP contribution in [0.3, 0.4) is 0 Å². The summed E-state index contributed by atoms with van der Waals surface area (Å²) in [7, 11) is 0. The third-order valence-corrected chi connectivity index (χ3v) is 2.49. The first kappa shape index (κ1) is 14.0. The number of benzene rings is 1. The summed E-state index contributed by atoms with van der Waals surface area (Å²) in [6.45, 7) is 1.92. The number of nitrogens with zero attached hydrogens (tertiary/aromatic N) is 3. The Morgan fingerprint density at radius 3 is 2.80 bits per heavy atom. The first-order chi connectivity index (χ1) is 9.63. The minimum Gasteiger partial charge on any atom is -0.491 e. The number of aliphatic hydroxyl groups excluding tert-OH is 1. The van der Waals surface area contributed by atoms with Crippen LogP contribution in [0, 0.1) is 0 Å².